The van der Waals surface area contributed by atoms with Crippen LogP contribution in [0.2, 0.25) is 0 Å². The Morgan fingerprint density at radius 2 is 2.23 bits per heavy atom. The summed E-state index contributed by atoms with van der Waals surface area (Å²) in [5.74, 6) is 0.300. The summed E-state index contributed by atoms with van der Waals surface area (Å²) in [5, 5.41) is 2.86. The number of nitrogens with one attached hydrogen (secondary N) is 1. The molecule has 0 aromatic carbocycles. The SMILES string of the molecule is Cc1ncn(CCNC(=O)CN(C)C2CCS(=O)(=O)C2)c1C. The maximum atomic E-state index is 11.9. The molecule has 7 nitrogen and oxygen atoms in total. The van der Waals surface area contributed by atoms with E-state index in [0.29, 0.717) is 19.5 Å². The minimum Gasteiger partial charge on any atom is -0.353 e. The van der Waals surface area contributed by atoms with E-state index in [-0.39, 0.29) is 30.0 Å². The Morgan fingerprint density at radius 3 is 2.77 bits per heavy atom. The van der Waals surface area contributed by atoms with Crippen LogP contribution in [0, 0.1) is 13.8 Å². The van der Waals surface area contributed by atoms with Gasteiger partial charge in [-0.1, -0.05) is 0 Å². The molecular weight excluding hydrogens is 304 g/mol. The molecule has 1 fully saturated rings. The lowest BCUT2D eigenvalue weighted by Crippen LogP contribution is -2.41. The van der Waals surface area contributed by atoms with Crippen LogP contribution in [0.1, 0.15) is 17.8 Å². The van der Waals surface area contributed by atoms with Crippen LogP contribution in [0.25, 0.3) is 0 Å². The van der Waals surface area contributed by atoms with Crippen molar-refractivity contribution in [2.24, 2.45) is 0 Å². The van der Waals surface area contributed by atoms with Crippen molar-refractivity contribution in [2.45, 2.75) is 32.9 Å². The molecule has 2 rings (SSSR count). The predicted octanol–water partition coefficient (Wildman–Crippen LogP) is -0.265. The number of aryl methyl sites for hydroxylation is 1. The van der Waals surface area contributed by atoms with Crippen molar-refractivity contribution in [1.82, 2.24) is 19.8 Å². The molecule has 1 amide bonds. The van der Waals surface area contributed by atoms with Gasteiger partial charge in [-0.3, -0.25) is 9.69 Å². The number of aromatic nitrogens is 2. The van der Waals surface area contributed by atoms with Gasteiger partial charge in [-0.25, -0.2) is 13.4 Å². The molecule has 8 heteroatoms. The first kappa shape index (κ1) is 17.0. The van der Waals surface area contributed by atoms with Crippen LogP contribution in [-0.4, -0.2) is 66.5 Å². The van der Waals surface area contributed by atoms with Crippen LogP contribution in [0.4, 0.5) is 0 Å². The average molecular weight is 328 g/mol. The average Bonchev–Trinajstić information content (AvgIpc) is 2.95. The molecule has 0 aliphatic carbocycles. The van der Waals surface area contributed by atoms with E-state index in [9.17, 15) is 13.2 Å². The van der Waals surface area contributed by atoms with E-state index in [1.165, 1.54) is 0 Å². The number of hydrogen-bond acceptors (Lipinski definition) is 5. The first-order valence-corrected chi connectivity index (χ1v) is 9.26. The van der Waals surface area contributed by atoms with Crippen molar-refractivity contribution in [3.8, 4) is 0 Å². The van der Waals surface area contributed by atoms with Gasteiger partial charge in [0.1, 0.15) is 0 Å². The number of likely N-dealkylation sites (N-methyl/N-ethyl adjacent to an activating group) is 1. The van der Waals surface area contributed by atoms with Crippen LogP contribution in [0.3, 0.4) is 0 Å². The van der Waals surface area contributed by atoms with E-state index < -0.39 is 9.84 Å². The molecule has 0 radical (unpaired) electrons. The minimum absolute atomic E-state index is 0.0470. The number of imidazole rings is 1. The lowest BCUT2D eigenvalue weighted by Gasteiger charge is -2.22. The Morgan fingerprint density at radius 1 is 1.50 bits per heavy atom. The topological polar surface area (TPSA) is 84.3 Å². The van der Waals surface area contributed by atoms with E-state index in [0.717, 1.165) is 11.4 Å². The van der Waals surface area contributed by atoms with E-state index in [1.54, 1.807) is 13.4 Å². The Bertz CT molecular complexity index is 639. The smallest absolute Gasteiger partial charge is 0.234 e. The Kier molecular flexibility index (Phi) is 5.23. The second-order valence-corrected chi connectivity index (χ2v) is 8.16. The summed E-state index contributed by atoms with van der Waals surface area (Å²) in [5.41, 5.74) is 2.09. The van der Waals surface area contributed by atoms with Crippen molar-refractivity contribution in [2.75, 3.05) is 31.6 Å². The van der Waals surface area contributed by atoms with Crippen molar-refractivity contribution in [1.29, 1.82) is 0 Å². The summed E-state index contributed by atoms with van der Waals surface area (Å²) in [6.45, 7) is 5.39. The van der Waals surface area contributed by atoms with E-state index in [4.69, 9.17) is 0 Å². The third-order valence-corrected chi connectivity index (χ3v) is 6.00. The summed E-state index contributed by atoms with van der Waals surface area (Å²) < 4.78 is 24.9. The van der Waals surface area contributed by atoms with Gasteiger partial charge in [0.25, 0.3) is 0 Å². The van der Waals surface area contributed by atoms with Gasteiger partial charge in [0.15, 0.2) is 9.84 Å². The lowest BCUT2D eigenvalue weighted by atomic mass is 10.2. The molecular formula is C14H24N4O3S. The monoisotopic (exact) mass is 328 g/mol. The fraction of sp³-hybridized carbons (Fsp3) is 0.714. The van der Waals surface area contributed by atoms with Gasteiger partial charge in [0.2, 0.25) is 5.91 Å². The van der Waals surface area contributed by atoms with Gasteiger partial charge in [0.05, 0.1) is 30.1 Å². The molecule has 1 atom stereocenters. The number of carbonyl (C=O) groups excluding carboxylic acids is 1. The Hall–Kier alpha value is -1.41. The zero-order chi connectivity index (χ0) is 16.3. The highest BCUT2D eigenvalue weighted by atomic mass is 32.2. The number of carbonyl (C=O) groups is 1. The van der Waals surface area contributed by atoms with Gasteiger partial charge in [-0.15, -0.1) is 0 Å². The normalized spacial score (nSPS) is 20.5. The van der Waals surface area contributed by atoms with Gasteiger partial charge >= 0.3 is 0 Å². The molecule has 1 unspecified atom stereocenters. The first-order valence-electron chi connectivity index (χ1n) is 7.44. The maximum Gasteiger partial charge on any atom is 0.234 e. The zero-order valence-electron chi connectivity index (χ0n) is 13.4. The summed E-state index contributed by atoms with van der Waals surface area (Å²) in [6.07, 6.45) is 2.38. The molecule has 124 valence electrons. The lowest BCUT2D eigenvalue weighted by molar-refractivity contribution is -0.122. The number of nitrogens with zero attached hydrogens (tertiary/aromatic N) is 3. The molecule has 0 saturated carbocycles. The summed E-state index contributed by atoms with van der Waals surface area (Å²) in [7, 11) is -1.12. The number of amides is 1. The van der Waals surface area contributed by atoms with Crippen LogP contribution in [0.5, 0.6) is 0 Å². The third kappa shape index (κ3) is 4.30. The number of sulfone groups is 1. The highest BCUT2D eigenvalue weighted by molar-refractivity contribution is 7.91. The molecule has 1 aliphatic rings. The molecule has 0 bridgehead atoms. The van der Waals surface area contributed by atoms with E-state index in [1.807, 2.05) is 23.3 Å². The largest absolute Gasteiger partial charge is 0.353 e. The standard InChI is InChI=1S/C14H24N4O3S/c1-11-12(2)18(10-16-11)6-5-15-14(19)8-17(3)13-4-7-22(20,21)9-13/h10,13H,4-9H2,1-3H3,(H,15,19). The number of rotatable bonds is 6. The molecule has 0 spiro atoms. The minimum atomic E-state index is -2.92. The van der Waals surface area contributed by atoms with E-state index in [2.05, 4.69) is 10.3 Å². The van der Waals surface area contributed by atoms with Gasteiger partial charge in [0, 0.05) is 24.8 Å². The molecule has 1 N–H and O–H groups in total. The van der Waals surface area contributed by atoms with Crippen molar-refractivity contribution in [3.63, 3.8) is 0 Å². The van der Waals surface area contributed by atoms with Crippen molar-refractivity contribution in [3.05, 3.63) is 17.7 Å². The fourth-order valence-electron chi connectivity index (χ4n) is 2.62. The summed E-state index contributed by atoms with van der Waals surface area (Å²) in [4.78, 5) is 18.0. The zero-order valence-corrected chi connectivity index (χ0v) is 14.2. The molecule has 22 heavy (non-hydrogen) atoms. The van der Waals surface area contributed by atoms with Crippen molar-refractivity contribution >= 4 is 15.7 Å². The molecule has 1 saturated heterocycles. The van der Waals surface area contributed by atoms with Crippen molar-refractivity contribution < 1.29 is 13.2 Å². The van der Waals surface area contributed by atoms with Crippen LogP contribution < -0.4 is 5.32 Å². The predicted molar refractivity (Wildman–Crippen MR) is 84.4 cm³/mol. The second kappa shape index (κ2) is 6.78. The summed E-state index contributed by atoms with van der Waals surface area (Å²) in [6, 6.07) is -0.0470. The van der Waals surface area contributed by atoms with Crippen LogP contribution >= 0.6 is 0 Å². The van der Waals surface area contributed by atoms with Gasteiger partial charge in [-0.2, -0.15) is 0 Å². The highest BCUT2D eigenvalue weighted by Crippen LogP contribution is 2.15. The molecule has 2 heterocycles. The highest BCUT2D eigenvalue weighted by Gasteiger charge is 2.31. The van der Waals surface area contributed by atoms with Gasteiger partial charge < -0.3 is 9.88 Å². The van der Waals surface area contributed by atoms with Gasteiger partial charge in [-0.05, 0) is 27.3 Å². The summed E-state index contributed by atoms with van der Waals surface area (Å²) >= 11 is 0. The first-order chi connectivity index (χ1) is 10.3. The fourth-order valence-corrected chi connectivity index (χ4v) is 4.43. The molecule has 1 aliphatic heterocycles. The van der Waals surface area contributed by atoms with Crippen LogP contribution in [-0.2, 0) is 21.2 Å². The Labute approximate surface area is 131 Å². The molecule has 1 aromatic heterocycles. The molecule has 1 aromatic rings. The Balaban J connectivity index is 1.73. The van der Waals surface area contributed by atoms with E-state index >= 15 is 0 Å². The number of hydrogen-bond donors (Lipinski definition) is 1. The third-order valence-electron chi connectivity index (χ3n) is 4.24. The quantitative estimate of drug-likeness (QED) is 0.777. The maximum absolute atomic E-state index is 11.9. The van der Waals surface area contributed by atoms with Crippen LogP contribution in [0.15, 0.2) is 6.33 Å². The second-order valence-electron chi connectivity index (χ2n) is 5.93.